The third kappa shape index (κ3) is 7.97. The number of halogens is 2. The van der Waals surface area contributed by atoms with Crippen molar-refractivity contribution in [2.45, 2.75) is 51.1 Å². The summed E-state index contributed by atoms with van der Waals surface area (Å²) in [7, 11) is -4.18. The van der Waals surface area contributed by atoms with Gasteiger partial charge in [0.2, 0.25) is 11.8 Å². The largest absolute Gasteiger partial charge is 0.354 e. The van der Waals surface area contributed by atoms with E-state index in [9.17, 15) is 18.0 Å². The molecule has 0 saturated heterocycles. The van der Waals surface area contributed by atoms with Crippen molar-refractivity contribution in [3.05, 3.63) is 94.0 Å². The number of carbonyl (C=O) groups excluding carboxylic acids is 2. The van der Waals surface area contributed by atoms with Crippen molar-refractivity contribution in [3.63, 3.8) is 0 Å². The minimum Gasteiger partial charge on any atom is -0.354 e. The highest BCUT2D eigenvalue weighted by Crippen LogP contribution is 2.31. The van der Waals surface area contributed by atoms with Crippen LogP contribution in [-0.4, -0.2) is 44.3 Å². The second kappa shape index (κ2) is 13.8. The molecule has 2 amide bonds. The van der Waals surface area contributed by atoms with Crippen LogP contribution in [0, 0.1) is 6.92 Å². The summed E-state index contributed by atoms with van der Waals surface area (Å²) >= 11 is 12.5. The van der Waals surface area contributed by atoms with Crippen LogP contribution >= 0.6 is 23.2 Å². The first-order valence-electron chi connectivity index (χ1n) is 12.7. The minimum atomic E-state index is -4.18. The lowest BCUT2D eigenvalue weighted by atomic mass is 10.1. The van der Waals surface area contributed by atoms with Crippen LogP contribution in [0.2, 0.25) is 10.0 Å². The molecule has 0 aliphatic heterocycles. The Hall–Kier alpha value is -3.07. The van der Waals surface area contributed by atoms with Crippen LogP contribution in [0.3, 0.4) is 0 Å². The maximum atomic E-state index is 13.9. The summed E-state index contributed by atoms with van der Waals surface area (Å²) in [6.07, 6.45) is 1.71. The van der Waals surface area contributed by atoms with Gasteiger partial charge in [0.15, 0.2) is 0 Å². The van der Waals surface area contributed by atoms with Gasteiger partial charge in [0.1, 0.15) is 12.6 Å². The zero-order chi connectivity index (χ0) is 28.6. The zero-order valence-electron chi connectivity index (χ0n) is 22.2. The smallest absolute Gasteiger partial charge is 0.264 e. The summed E-state index contributed by atoms with van der Waals surface area (Å²) in [6.45, 7) is 5.51. The quantitative estimate of drug-likeness (QED) is 0.269. The van der Waals surface area contributed by atoms with Crippen LogP contribution in [0.5, 0.6) is 0 Å². The molecule has 7 nitrogen and oxygen atoms in total. The standard InChI is InChI=1S/C29H33Cl2N3O4S/c1-4-5-18-32-29(36)22(3)33(19-23-12-14-24(30)15-13-23)28(35)20-34(27-9-7-6-8-26(27)31)39(37,38)25-16-10-21(2)11-17-25/h6-17,22H,4-5,18-20H2,1-3H3,(H,32,36)/t22-/m0/s1. The molecule has 0 saturated carbocycles. The Morgan fingerprint density at radius 3 is 2.21 bits per heavy atom. The molecular weight excluding hydrogens is 557 g/mol. The summed E-state index contributed by atoms with van der Waals surface area (Å²) in [5.74, 6) is -0.879. The van der Waals surface area contributed by atoms with Crippen LogP contribution in [0.4, 0.5) is 5.69 Å². The van der Waals surface area contributed by atoms with Gasteiger partial charge in [0, 0.05) is 18.1 Å². The van der Waals surface area contributed by atoms with E-state index < -0.39 is 28.5 Å². The third-order valence-corrected chi connectivity index (χ3v) is 8.62. The number of unbranched alkanes of at least 4 members (excludes halogenated alkanes) is 1. The van der Waals surface area contributed by atoms with Crippen molar-refractivity contribution in [1.82, 2.24) is 10.2 Å². The van der Waals surface area contributed by atoms with Crippen molar-refractivity contribution >= 4 is 50.7 Å². The van der Waals surface area contributed by atoms with Crippen molar-refractivity contribution in [1.29, 1.82) is 0 Å². The number of para-hydroxylation sites is 1. The summed E-state index contributed by atoms with van der Waals surface area (Å²) < 4.78 is 28.7. The van der Waals surface area contributed by atoms with E-state index in [4.69, 9.17) is 23.2 Å². The molecule has 0 unspecified atom stereocenters. The topological polar surface area (TPSA) is 86.8 Å². The predicted molar refractivity (Wildman–Crippen MR) is 157 cm³/mol. The van der Waals surface area contributed by atoms with E-state index in [1.807, 2.05) is 13.8 Å². The lowest BCUT2D eigenvalue weighted by Crippen LogP contribution is -2.51. The predicted octanol–water partition coefficient (Wildman–Crippen LogP) is 5.83. The van der Waals surface area contributed by atoms with Gasteiger partial charge in [-0.3, -0.25) is 13.9 Å². The summed E-state index contributed by atoms with van der Waals surface area (Å²) in [5.41, 5.74) is 1.80. The number of hydrogen-bond donors (Lipinski definition) is 1. The zero-order valence-corrected chi connectivity index (χ0v) is 24.6. The Kier molecular flexibility index (Phi) is 10.8. The number of aryl methyl sites for hydroxylation is 1. The Bertz CT molecular complexity index is 1380. The first kappa shape index (κ1) is 30.5. The molecule has 3 aromatic rings. The fraction of sp³-hybridized carbons (Fsp3) is 0.310. The van der Waals surface area contributed by atoms with E-state index in [1.165, 1.54) is 17.0 Å². The molecule has 1 N–H and O–H groups in total. The van der Waals surface area contributed by atoms with E-state index in [0.717, 1.165) is 28.3 Å². The van der Waals surface area contributed by atoms with Gasteiger partial charge in [0.05, 0.1) is 15.6 Å². The first-order valence-corrected chi connectivity index (χ1v) is 14.9. The van der Waals surface area contributed by atoms with Crippen LogP contribution in [-0.2, 0) is 26.2 Å². The van der Waals surface area contributed by atoms with Gasteiger partial charge in [-0.1, -0.05) is 78.5 Å². The second-order valence-electron chi connectivity index (χ2n) is 9.24. The van der Waals surface area contributed by atoms with Gasteiger partial charge in [-0.2, -0.15) is 0 Å². The maximum Gasteiger partial charge on any atom is 0.264 e. The van der Waals surface area contributed by atoms with Crippen LogP contribution in [0.1, 0.15) is 37.8 Å². The average molecular weight is 591 g/mol. The van der Waals surface area contributed by atoms with E-state index >= 15 is 0 Å². The van der Waals surface area contributed by atoms with E-state index in [2.05, 4.69) is 5.32 Å². The lowest BCUT2D eigenvalue weighted by Gasteiger charge is -2.32. The Morgan fingerprint density at radius 1 is 0.949 bits per heavy atom. The molecule has 0 bridgehead atoms. The number of nitrogens with one attached hydrogen (secondary N) is 1. The molecule has 39 heavy (non-hydrogen) atoms. The Balaban J connectivity index is 2.00. The van der Waals surface area contributed by atoms with Gasteiger partial charge in [-0.25, -0.2) is 8.42 Å². The highest BCUT2D eigenvalue weighted by atomic mass is 35.5. The van der Waals surface area contributed by atoms with Crippen LogP contribution in [0.25, 0.3) is 0 Å². The molecule has 0 aliphatic rings. The first-order chi connectivity index (χ1) is 18.5. The number of carbonyl (C=O) groups is 2. The number of anilines is 1. The van der Waals surface area contributed by atoms with Gasteiger partial charge in [-0.15, -0.1) is 0 Å². The molecule has 208 valence electrons. The Morgan fingerprint density at radius 2 is 1.59 bits per heavy atom. The SMILES string of the molecule is CCCCNC(=O)[C@H](C)N(Cc1ccc(Cl)cc1)C(=O)CN(c1ccccc1Cl)S(=O)(=O)c1ccc(C)cc1. The van der Waals surface area contributed by atoms with E-state index in [1.54, 1.807) is 67.6 Å². The van der Waals surface area contributed by atoms with Crippen molar-refractivity contribution in [3.8, 4) is 0 Å². The maximum absolute atomic E-state index is 13.9. The van der Waals surface area contributed by atoms with Gasteiger partial charge < -0.3 is 10.2 Å². The number of hydrogen-bond acceptors (Lipinski definition) is 4. The molecule has 3 rings (SSSR count). The third-order valence-electron chi connectivity index (χ3n) is 6.27. The molecule has 0 radical (unpaired) electrons. The number of benzene rings is 3. The lowest BCUT2D eigenvalue weighted by molar-refractivity contribution is -0.139. The van der Waals surface area contributed by atoms with Crippen molar-refractivity contribution in [2.75, 3.05) is 17.4 Å². The highest BCUT2D eigenvalue weighted by Gasteiger charge is 2.33. The summed E-state index contributed by atoms with van der Waals surface area (Å²) in [5, 5.41) is 3.58. The molecule has 1 atom stereocenters. The van der Waals surface area contributed by atoms with Crippen LogP contribution in [0.15, 0.2) is 77.7 Å². The average Bonchev–Trinajstić information content (AvgIpc) is 2.91. The Labute approximate surface area is 240 Å². The molecule has 10 heteroatoms. The van der Waals surface area contributed by atoms with E-state index in [-0.39, 0.29) is 28.1 Å². The number of rotatable bonds is 12. The fourth-order valence-corrected chi connectivity index (χ4v) is 5.76. The van der Waals surface area contributed by atoms with Crippen molar-refractivity contribution in [2.24, 2.45) is 0 Å². The fourth-order valence-electron chi connectivity index (χ4n) is 3.91. The molecule has 0 spiro atoms. The normalized spacial score (nSPS) is 12.0. The second-order valence-corrected chi connectivity index (χ2v) is 12.0. The van der Waals surface area contributed by atoms with Crippen LogP contribution < -0.4 is 9.62 Å². The number of sulfonamides is 1. The molecule has 0 aliphatic carbocycles. The summed E-state index contributed by atoms with van der Waals surface area (Å²) in [6, 6.07) is 18.9. The molecule has 0 aromatic heterocycles. The number of amides is 2. The molecule has 0 heterocycles. The van der Waals surface area contributed by atoms with Gasteiger partial charge in [0.25, 0.3) is 10.0 Å². The van der Waals surface area contributed by atoms with Crippen molar-refractivity contribution < 1.29 is 18.0 Å². The number of nitrogens with zero attached hydrogens (tertiary/aromatic N) is 2. The highest BCUT2D eigenvalue weighted by molar-refractivity contribution is 7.92. The monoisotopic (exact) mass is 589 g/mol. The summed E-state index contributed by atoms with van der Waals surface area (Å²) in [4.78, 5) is 28.3. The molecule has 0 fully saturated rings. The molecular formula is C29H33Cl2N3O4S. The minimum absolute atomic E-state index is 0.0235. The molecule has 3 aromatic carbocycles. The van der Waals surface area contributed by atoms with Gasteiger partial charge in [-0.05, 0) is 62.2 Å². The van der Waals surface area contributed by atoms with E-state index in [0.29, 0.717) is 11.6 Å². The van der Waals surface area contributed by atoms with Gasteiger partial charge >= 0.3 is 0 Å².